The SMILES string of the molecule is Cc1ncnc2ncn(C)c12.Cn1cnc(C2CCNC2)c1. The van der Waals surface area contributed by atoms with E-state index < -0.39 is 0 Å². The van der Waals surface area contributed by atoms with Gasteiger partial charge in [0.2, 0.25) is 0 Å². The molecule has 3 aromatic heterocycles. The maximum absolute atomic E-state index is 4.32. The summed E-state index contributed by atoms with van der Waals surface area (Å²) in [7, 11) is 3.95. The van der Waals surface area contributed by atoms with E-state index in [9.17, 15) is 0 Å². The zero-order valence-corrected chi connectivity index (χ0v) is 13.2. The van der Waals surface area contributed by atoms with Gasteiger partial charge in [-0.3, -0.25) is 0 Å². The summed E-state index contributed by atoms with van der Waals surface area (Å²) in [6.07, 6.45) is 8.49. The van der Waals surface area contributed by atoms with Crippen molar-refractivity contribution in [1.29, 1.82) is 0 Å². The Morgan fingerprint density at radius 1 is 1.14 bits per heavy atom. The maximum atomic E-state index is 4.32. The third kappa shape index (κ3) is 2.99. The van der Waals surface area contributed by atoms with Crippen molar-refractivity contribution in [2.45, 2.75) is 19.3 Å². The Morgan fingerprint density at radius 3 is 2.64 bits per heavy atom. The van der Waals surface area contributed by atoms with Gasteiger partial charge in [0, 0.05) is 32.8 Å². The molecule has 3 aromatic rings. The van der Waals surface area contributed by atoms with Crippen molar-refractivity contribution < 1.29 is 0 Å². The molecule has 22 heavy (non-hydrogen) atoms. The fourth-order valence-corrected chi connectivity index (χ4v) is 2.71. The maximum Gasteiger partial charge on any atom is 0.180 e. The van der Waals surface area contributed by atoms with Gasteiger partial charge < -0.3 is 14.5 Å². The van der Waals surface area contributed by atoms with Crippen molar-refractivity contribution in [3.63, 3.8) is 0 Å². The fourth-order valence-electron chi connectivity index (χ4n) is 2.71. The Balaban J connectivity index is 0.000000131. The molecule has 1 atom stereocenters. The van der Waals surface area contributed by atoms with Gasteiger partial charge in [-0.05, 0) is 19.9 Å². The Hall–Kier alpha value is -2.28. The lowest BCUT2D eigenvalue weighted by molar-refractivity contribution is 0.739. The van der Waals surface area contributed by atoms with Gasteiger partial charge in [0.15, 0.2) is 5.65 Å². The standard InChI is InChI=1S/C8H13N3.C7H8N4/c1-11-5-8(10-6-11)7-2-3-9-4-7;1-5-6-7(9-3-8-5)10-4-11(6)2/h5-7,9H,2-4H2,1H3;3-4H,1-2H3. The minimum atomic E-state index is 0.649. The third-order valence-electron chi connectivity index (χ3n) is 3.90. The van der Waals surface area contributed by atoms with Gasteiger partial charge in [-0.15, -0.1) is 0 Å². The van der Waals surface area contributed by atoms with Gasteiger partial charge in [0.25, 0.3) is 0 Å². The average molecular weight is 299 g/mol. The van der Waals surface area contributed by atoms with Crippen molar-refractivity contribution >= 4 is 11.2 Å². The van der Waals surface area contributed by atoms with Crippen LogP contribution in [0.5, 0.6) is 0 Å². The van der Waals surface area contributed by atoms with Gasteiger partial charge in [-0.1, -0.05) is 0 Å². The molecule has 0 aromatic carbocycles. The molecule has 0 spiro atoms. The molecule has 4 heterocycles. The molecule has 4 rings (SSSR count). The van der Waals surface area contributed by atoms with Gasteiger partial charge >= 0.3 is 0 Å². The van der Waals surface area contributed by atoms with Crippen LogP contribution >= 0.6 is 0 Å². The first-order valence-electron chi connectivity index (χ1n) is 7.42. The second kappa shape index (κ2) is 6.23. The summed E-state index contributed by atoms with van der Waals surface area (Å²) in [4.78, 5) is 16.5. The van der Waals surface area contributed by atoms with E-state index in [2.05, 4.69) is 31.4 Å². The van der Waals surface area contributed by atoms with Crippen molar-refractivity contribution in [2.24, 2.45) is 14.1 Å². The summed E-state index contributed by atoms with van der Waals surface area (Å²) in [6.45, 7) is 4.18. The molecule has 1 N–H and O–H groups in total. The lowest BCUT2D eigenvalue weighted by atomic mass is 10.1. The van der Waals surface area contributed by atoms with Crippen molar-refractivity contribution in [3.05, 3.63) is 36.6 Å². The Morgan fingerprint density at radius 2 is 2.00 bits per heavy atom. The molecule has 7 nitrogen and oxygen atoms in total. The van der Waals surface area contributed by atoms with E-state index in [-0.39, 0.29) is 0 Å². The zero-order chi connectivity index (χ0) is 15.5. The van der Waals surface area contributed by atoms with Crippen molar-refractivity contribution in [1.82, 2.24) is 34.4 Å². The topological polar surface area (TPSA) is 73.5 Å². The van der Waals surface area contributed by atoms with Gasteiger partial charge in [0.05, 0.1) is 24.0 Å². The summed E-state index contributed by atoms with van der Waals surface area (Å²) in [5.74, 6) is 0.649. The Bertz CT molecular complexity index is 752. The summed E-state index contributed by atoms with van der Waals surface area (Å²) < 4.78 is 3.93. The van der Waals surface area contributed by atoms with Gasteiger partial charge in [-0.2, -0.15) is 0 Å². The quantitative estimate of drug-likeness (QED) is 0.730. The van der Waals surface area contributed by atoms with Crippen LogP contribution in [0.1, 0.15) is 23.7 Å². The summed E-state index contributed by atoms with van der Waals surface area (Å²) in [6, 6.07) is 0. The van der Waals surface area contributed by atoms with E-state index in [4.69, 9.17) is 0 Å². The van der Waals surface area contributed by atoms with E-state index >= 15 is 0 Å². The molecule has 1 saturated heterocycles. The number of aryl methyl sites for hydroxylation is 3. The minimum absolute atomic E-state index is 0.649. The van der Waals surface area contributed by atoms with E-state index in [1.165, 1.54) is 18.4 Å². The summed E-state index contributed by atoms with van der Waals surface area (Å²) in [5, 5.41) is 3.33. The molecule has 0 aliphatic carbocycles. The van der Waals surface area contributed by atoms with Crippen LogP contribution in [0.25, 0.3) is 11.2 Å². The van der Waals surface area contributed by atoms with Gasteiger partial charge in [0.1, 0.15) is 11.8 Å². The molecule has 1 aliphatic heterocycles. The number of rotatable bonds is 1. The van der Waals surface area contributed by atoms with Gasteiger partial charge in [-0.25, -0.2) is 19.9 Å². The summed E-state index contributed by atoms with van der Waals surface area (Å²) in [5.41, 5.74) is 3.97. The summed E-state index contributed by atoms with van der Waals surface area (Å²) >= 11 is 0. The molecule has 1 fully saturated rings. The second-order valence-electron chi connectivity index (χ2n) is 5.64. The molecule has 7 heteroatoms. The highest BCUT2D eigenvalue weighted by Crippen LogP contribution is 2.19. The first-order valence-corrected chi connectivity index (χ1v) is 7.42. The molecule has 1 unspecified atom stereocenters. The van der Waals surface area contributed by atoms with E-state index in [0.29, 0.717) is 5.92 Å². The number of hydrogen-bond acceptors (Lipinski definition) is 5. The predicted octanol–water partition coefficient (Wildman–Crippen LogP) is 1.17. The van der Waals surface area contributed by atoms with E-state index in [1.54, 1.807) is 6.33 Å². The van der Waals surface area contributed by atoms with Crippen LogP contribution in [0.15, 0.2) is 25.2 Å². The van der Waals surface area contributed by atoms with Crippen LogP contribution in [-0.4, -0.2) is 42.2 Å². The van der Waals surface area contributed by atoms with Crippen LogP contribution in [0.3, 0.4) is 0 Å². The average Bonchev–Trinajstić information content (AvgIpc) is 3.21. The molecule has 116 valence electrons. The third-order valence-corrected chi connectivity index (χ3v) is 3.90. The number of fused-ring (bicyclic) bond motifs is 1. The van der Waals surface area contributed by atoms with Crippen molar-refractivity contribution in [3.8, 4) is 0 Å². The molecular formula is C15H21N7. The number of imidazole rings is 2. The van der Waals surface area contributed by atoms with Crippen LogP contribution in [0, 0.1) is 6.92 Å². The lowest BCUT2D eigenvalue weighted by Gasteiger charge is -2.01. The molecule has 0 bridgehead atoms. The highest BCUT2D eigenvalue weighted by molar-refractivity contribution is 5.72. The predicted molar refractivity (Wildman–Crippen MR) is 84.5 cm³/mol. The highest BCUT2D eigenvalue weighted by atomic mass is 15.1. The first-order chi connectivity index (χ1) is 10.6. The minimum Gasteiger partial charge on any atom is -0.340 e. The number of hydrogen-bond donors (Lipinski definition) is 1. The van der Waals surface area contributed by atoms with Crippen molar-refractivity contribution in [2.75, 3.05) is 13.1 Å². The molecule has 0 amide bonds. The molecule has 0 saturated carbocycles. The molecule has 1 aliphatic rings. The molecular weight excluding hydrogens is 278 g/mol. The normalized spacial score (nSPS) is 17.5. The fraction of sp³-hybridized carbons (Fsp3) is 0.467. The van der Waals surface area contributed by atoms with Crippen LogP contribution in [0.2, 0.25) is 0 Å². The second-order valence-corrected chi connectivity index (χ2v) is 5.64. The largest absolute Gasteiger partial charge is 0.340 e. The number of aromatic nitrogens is 6. The first kappa shape index (κ1) is 14.6. The lowest BCUT2D eigenvalue weighted by Crippen LogP contribution is -2.08. The monoisotopic (exact) mass is 299 g/mol. The van der Waals surface area contributed by atoms with E-state index in [0.717, 1.165) is 29.9 Å². The smallest absolute Gasteiger partial charge is 0.180 e. The van der Waals surface area contributed by atoms with Crippen LogP contribution in [-0.2, 0) is 14.1 Å². The Kier molecular flexibility index (Phi) is 4.15. The highest BCUT2D eigenvalue weighted by Gasteiger charge is 2.17. The molecule has 0 radical (unpaired) electrons. The van der Waals surface area contributed by atoms with E-state index in [1.807, 2.05) is 36.5 Å². The Labute approximate surface area is 129 Å². The van der Waals surface area contributed by atoms with Crippen LogP contribution in [0.4, 0.5) is 0 Å². The number of nitrogens with zero attached hydrogens (tertiary/aromatic N) is 6. The zero-order valence-electron chi connectivity index (χ0n) is 13.2. The van der Waals surface area contributed by atoms with Crippen LogP contribution < -0.4 is 5.32 Å². The number of nitrogens with one attached hydrogen (secondary N) is 1.